The molecule has 1 aromatic heterocycles. The Morgan fingerprint density at radius 3 is 2.54 bits per heavy atom. The molecule has 138 valence electrons. The molecule has 2 aromatic rings. The molecule has 0 aliphatic carbocycles. The highest BCUT2D eigenvalue weighted by Crippen LogP contribution is 2.42. The van der Waals surface area contributed by atoms with Crippen molar-refractivity contribution in [3.8, 4) is 0 Å². The van der Waals surface area contributed by atoms with Gasteiger partial charge in [0, 0.05) is 27.9 Å². The third kappa shape index (κ3) is 3.59. The van der Waals surface area contributed by atoms with Crippen molar-refractivity contribution in [3.63, 3.8) is 0 Å². The van der Waals surface area contributed by atoms with Gasteiger partial charge in [-0.25, -0.2) is 0 Å². The van der Waals surface area contributed by atoms with Crippen LogP contribution < -0.4 is 10.6 Å². The number of aromatic nitrogens is 1. The van der Waals surface area contributed by atoms with Crippen molar-refractivity contribution < 1.29 is 4.79 Å². The highest BCUT2D eigenvalue weighted by atomic mass is 35.5. The Hall–Kier alpha value is -1.62. The predicted octanol–water partition coefficient (Wildman–Crippen LogP) is 4.22. The van der Waals surface area contributed by atoms with Crippen LogP contribution in [0.3, 0.4) is 0 Å². The van der Waals surface area contributed by atoms with E-state index >= 15 is 0 Å². The Kier molecular flexibility index (Phi) is 5.56. The van der Waals surface area contributed by atoms with Gasteiger partial charge in [0.2, 0.25) is 0 Å². The molecule has 0 saturated carbocycles. The molecule has 1 fully saturated rings. The minimum absolute atomic E-state index is 0.203. The largest absolute Gasteiger partial charge is 0.346 e. The Morgan fingerprint density at radius 2 is 1.92 bits per heavy atom. The van der Waals surface area contributed by atoms with Gasteiger partial charge in [-0.15, -0.1) is 0 Å². The van der Waals surface area contributed by atoms with E-state index in [4.69, 9.17) is 23.2 Å². The Bertz CT molecular complexity index is 787. The molecule has 1 saturated heterocycles. The molecule has 0 radical (unpaired) electrons. The maximum Gasteiger partial charge on any atom is 0.253 e. The molecule has 4 nitrogen and oxygen atoms in total. The van der Waals surface area contributed by atoms with E-state index in [1.807, 2.05) is 18.3 Å². The molecule has 1 amide bonds. The molecule has 1 aromatic carbocycles. The number of nitrogens with zero attached hydrogens (tertiary/aromatic N) is 1. The fourth-order valence-electron chi connectivity index (χ4n) is 3.85. The highest BCUT2D eigenvalue weighted by molar-refractivity contribution is 6.36. The number of benzene rings is 1. The first kappa shape index (κ1) is 19.2. The van der Waals surface area contributed by atoms with Crippen LogP contribution in [-0.4, -0.2) is 29.5 Å². The van der Waals surface area contributed by atoms with E-state index in [0.717, 1.165) is 31.6 Å². The summed E-state index contributed by atoms with van der Waals surface area (Å²) in [7, 11) is 0. The zero-order valence-electron chi connectivity index (χ0n) is 15.0. The standard InChI is InChI=1S/C20H23Cl2N3O/c1-19(2,25-18(26)15-7-6-14(21)13-16(15)22)20(8-11-23-12-9-20)17-5-3-4-10-24-17/h3-7,10,13,23H,8-9,11-12H2,1-2H3,(H,25,26). The number of rotatable bonds is 4. The number of carbonyl (C=O) groups excluding carboxylic acids is 1. The monoisotopic (exact) mass is 391 g/mol. The molecule has 3 rings (SSSR count). The number of carbonyl (C=O) groups is 1. The van der Waals surface area contributed by atoms with Gasteiger partial charge in [-0.3, -0.25) is 9.78 Å². The van der Waals surface area contributed by atoms with E-state index in [9.17, 15) is 4.79 Å². The van der Waals surface area contributed by atoms with Crippen LogP contribution in [0.15, 0.2) is 42.6 Å². The van der Waals surface area contributed by atoms with Crippen LogP contribution in [-0.2, 0) is 5.41 Å². The van der Waals surface area contributed by atoms with Crippen molar-refractivity contribution in [3.05, 3.63) is 63.9 Å². The summed E-state index contributed by atoms with van der Waals surface area (Å²) < 4.78 is 0. The summed E-state index contributed by atoms with van der Waals surface area (Å²) in [5.74, 6) is -0.203. The van der Waals surface area contributed by atoms with E-state index in [-0.39, 0.29) is 11.3 Å². The summed E-state index contributed by atoms with van der Waals surface area (Å²) in [5, 5.41) is 7.47. The van der Waals surface area contributed by atoms with Crippen LogP contribution in [0, 0.1) is 0 Å². The van der Waals surface area contributed by atoms with Gasteiger partial charge in [-0.05, 0) is 70.1 Å². The molecule has 26 heavy (non-hydrogen) atoms. The number of amides is 1. The lowest BCUT2D eigenvalue weighted by atomic mass is 9.63. The van der Waals surface area contributed by atoms with Crippen molar-refractivity contribution >= 4 is 29.1 Å². The summed E-state index contributed by atoms with van der Waals surface area (Å²) in [4.78, 5) is 17.6. The molecule has 1 aliphatic rings. The average molecular weight is 392 g/mol. The highest BCUT2D eigenvalue weighted by Gasteiger charge is 2.48. The molecular formula is C20H23Cl2N3O. The maximum atomic E-state index is 12.9. The van der Waals surface area contributed by atoms with Gasteiger partial charge in [0.25, 0.3) is 5.91 Å². The molecule has 2 N–H and O–H groups in total. The van der Waals surface area contributed by atoms with Crippen LogP contribution >= 0.6 is 23.2 Å². The quantitative estimate of drug-likeness (QED) is 0.819. The van der Waals surface area contributed by atoms with Crippen molar-refractivity contribution in [2.75, 3.05) is 13.1 Å². The summed E-state index contributed by atoms with van der Waals surface area (Å²) >= 11 is 12.2. The van der Waals surface area contributed by atoms with Crippen molar-refractivity contribution in [2.24, 2.45) is 0 Å². The van der Waals surface area contributed by atoms with Crippen molar-refractivity contribution in [2.45, 2.75) is 37.6 Å². The average Bonchev–Trinajstić information content (AvgIpc) is 2.62. The van der Waals surface area contributed by atoms with Crippen LogP contribution in [0.1, 0.15) is 42.7 Å². The molecular weight excluding hydrogens is 369 g/mol. The van der Waals surface area contributed by atoms with Gasteiger partial charge < -0.3 is 10.6 Å². The second kappa shape index (κ2) is 7.55. The van der Waals surface area contributed by atoms with E-state index in [0.29, 0.717) is 15.6 Å². The lowest BCUT2D eigenvalue weighted by molar-refractivity contribution is 0.0811. The third-order valence-corrected chi connectivity index (χ3v) is 5.96. The first-order valence-electron chi connectivity index (χ1n) is 8.75. The SMILES string of the molecule is CC(C)(NC(=O)c1ccc(Cl)cc1Cl)C1(c2ccccn2)CCNCC1. The van der Waals surface area contributed by atoms with Gasteiger partial charge in [0.15, 0.2) is 0 Å². The first-order valence-corrected chi connectivity index (χ1v) is 9.51. The second-order valence-electron chi connectivity index (χ2n) is 7.25. The van der Waals surface area contributed by atoms with Gasteiger partial charge in [-0.2, -0.15) is 0 Å². The van der Waals surface area contributed by atoms with Crippen molar-refractivity contribution in [1.82, 2.24) is 15.6 Å². The van der Waals surface area contributed by atoms with Crippen LogP contribution in [0.4, 0.5) is 0 Å². The van der Waals surface area contributed by atoms with Crippen molar-refractivity contribution in [1.29, 1.82) is 0 Å². The Morgan fingerprint density at radius 1 is 1.19 bits per heavy atom. The minimum Gasteiger partial charge on any atom is -0.346 e. The number of pyridine rings is 1. The molecule has 1 aliphatic heterocycles. The van der Waals surface area contributed by atoms with E-state index in [2.05, 4.69) is 35.5 Å². The van der Waals surface area contributed by atoms with Crippen LogP contribution in [0.5, 0.6) is 0 Å². The number of nitrogens with one attached hydrogen (secondary N) is 2. The first-order chi connectivity index (χ1) is 12.4. The summed E-state index contributed by atoms with van der Waals surface area (Å²) in [6, 6.07) is 10.9. The minimum atomic E-state index is -0.510. The van der Waals surface area contributed by atoms with Gasteiger partial charge in [0.05, 0.1) is 10.6 Å². The summed E-state index contributed by atoms with van der Waals surface area (Å²) in [5.41, 5.74) is 0.667. The fourth-order valence-corrected chi connectivity index (χ4v) is 4.34. The lowest BCUT2D eigenvalue weighted by Crippen LogP contribution is -2.62. The molecule has 0 unspecified atom stereocenters. The normalized spacial score (nSPS) is 16.9. The topological polar surface area (TPSA) is 54.0 Å². The van der Waals surface area contributed by atoms with E-state index in [1.165, 1.54) is 0 Å². The Labute approximate surface area is 164 Å². The molecule has 0 bridgehead atoms. The van der Waals surface area contributed by atoms with Gasteiger partial charge >= 0.3 is 0 Å². The van der Waals surface area contributed by atoms with Gasteiger partial charge in [-0.1, -0.05) is 29.3 Å². The second-order valence-corrected chi connectivity index (χ2v) is 8.09. The molecule has 0 atom stereocenters. The summed E-state index contributed by atoms with van der Waals surface area (Å²) in [6.45, 7) is 5.90. The number of halogens is 2. The zero-order valence-corrected chi connectivity index (χ0v) is 16.5. The number of hydrogen-bond acceptors (Lipinski definition) is 3. The van der Waals surface area contributed by atoms with E-state index < -0.39 is 5.54 Å². The smallest absolute Gasteiger partial charge is 0.253 e. The lowest BCUT2D eigenvalue weighted by Gasteiger charge is -2.49. The fraction of sp³-hybridized carbons (Fsp3) is 0.400. The maximum absolute atomic E-state index is 12.9. The molecule has 0 spiro atoms. The predicted molar refractivity (Wildman–Crippen MR) is 106 cm³/mol. The number of hydrogen-bond donors (Lipinski definition) is 2. The third-order valence-electron chi connectivity index (χ3n) is 5.41. The number of piperidine rings is 1. The van der Waals surface area contributed by atoms with E-state index in [1.54, 1.807) is 18.2 Å². The summed E-state index contributed by atoms with van der Waals surface area (Å²) in [6.07, 6.45) is 3.60. The van der Waals surface area contributed by atoms with Gasteiger partial charge in [0.1, 0.15) is 0 Å². The van der Waals surface area contributed by atoms with Crippen LogP contribution in [0.25, 0.3) is 0 Å². The molecule has 2 heterocycles. The zero-order chi connectivity index (χ0) is 18.8. The Balaban J connectivity index is 1.94. The molecule has 6 heteroatoms. The van der Waals surface area contributed by atoms with Crippen LogP contribution in [0.2, 0.25) is 10.0 Å².